The number of amides is 3. The number of nitrogens with two attached hydrogens (primary N) is 1. The van der Waals surface area contributed by atoms with Gasteiger partial charge < -0.3 is 16.4 Å². The summed E-state index contributed by atoms with van der Waals surface area (Å²) in [5, 5.41) is 5.38. The minimum absolute atomic E-state index is 0.278. The van der Waals surface area contributed by atoms with E-state index >= 15 is 0 Å². The zero-order valence-corrected chi connectivity index (χ0v) is 8.69. The van der Waals surface area contributed by atoms with Crippen LogP contribution in [0.5, 0.6) is 0 Å². The van der Waals surface area contributed by atoms with Gasteiger partial charge in [-0.25, -0.2) is 4.79 Å². The molecule has 0 bridgehead atoms. The fourth-order valence-electron chi connectivity index (χ4n) is 1.38. The van der Waals surface area contributed by atoms with Crippen LogP contribution in [-0.2, 0) is 0 Å². The molecular formula is C11H13N3O2. The number of rotatable bonds is 3. The molecule has 5 heteroatoms. The number of para-hydroxylation sites is 1. The lowest BCUT2D eigenvalue weighted by Crippen LogP contribution is -2.31. The zero-order valence-electron chi connectivity index (χ0n) is 8.69. The highest BCUT2D eigenvalue weighted by atomic mass is 16.2. The molecule has 1 saturated carbocycles. The van der Waals surface area contributed by atoms with Gasteiger partial charge in [0.05, 0.1) is 11.3 Å². The smallest absolute Gasteiger partial charge is 0.319 e. The fraction of sp³-hybridized carbons (Fsp3) is 0.273. The Labute approximate surface area is 93.0 Å². The van der Waals surface area contributed by atoms with Crippen molar-refractivity contribution in [3.05, 3.63) is 29.8 Å². The monoisotopic (exact) mass is 219 g/mol. The molecule has 1 aliphatic rings. The minimum atomic E-state index is -0.553. The molecule has 84 valence electrons. The summed E-state index contributed by atoms with van der Waals surface area (Å²) in [6.45, 7) is 0. The lowest BCUT2D eigenvalue weighted by molar-refractivity contribution is 0.100. The molecule has 3 amide bonds. The Morgan fingerprint density at radius 1 is 1.25 bits per heavy atom. The molecule has 1 aromatic rings. The number of hydrogen-bond acceptors (Lipinski definition) is 2. The van der Waals surface area contributed by atoms with Crippen LogP contribution in [-0.4, -0.2) is 18.0 Å². The van der Waals surface area contributed by atoms with Crippen LogP contribution >= 0.6 is 0 Å². The standard InChI is InChI=1S/C11H13N3O2/c12-10(15)8-3-1-2-4-9(8)14-11(16)13-7-5-6-7/h1-4,7H,5-6H2,(H2,12,15)(H2,13,14,16). The highest BCUT2D eigenvalue weighted by molar-refractivity contribution is 6.02. The summed E-state index contributed by atoms with van der Waals surface area (Å²) in [6.07, 6.45) is 2.04. The van der Waals surface area contributed by atoms with Crippen LogP contribution in [0.1, 0.15) is 23.2 Å². The SMILES string of the molecule is NC(=O)c1ccccc1NC(=O)NC1CC1. The van der Waals surface area contributed by atoms with Gasteiger partial charge in [-0.05, 0) is 25.0 Å². The first kappa shape index (κ1) is 10.5. The normalized spacial score (nSPS) is 14.2. The van der Waals surface area contributed by atoms with E-state index in [1.807, 2.05) is 0 Å². The topological polar surface area (TPSA) is 84.2 Å². The molecule has 16 heavy (non-hydrogen) atoms. The van der Waals surface area contributed by atoms with Crippen molar-refractivity contribution in [3.63, 3.8) is 0 Å². The van der Waals surface area contributed by atoms with Crippen LogP contribution in [0.4, 0.5) is 10.5 Å². The maximum absolute atomic E-state index is 11.5. The van der Waals surface area contributed by atoms with Crippen molar-refractivity contribution in [1.29, 1.82) is 0 Å². The number of anilines is 1. The molecule has 0 atom stereocenters. The minimum Gasteiger partial charge on any atom is -0.366 e. The van der Waals surface area contributed by atoms with Gasteiger partial charge in [0.15, 0.2) is 0 Å². The van der Waals surface area contributed by atoms with E-state index in [2.05, 4.69) is 10.6 Å². The second-order valence-corrected chi connectivity index (χ2v) is 3.78. The van der Waals surface area contributed by atoms with E-state index in [0.717, 1.165) is 12.8 Å². The third-order valence-electron chi connectivity index (χ3n) is 2.35. The number of hydrogen-bond donors (Lipinski definition) is 3. The van der Waals surface area contributed by atoms with Crippen molar-refractivity contribution in [1.82, 2.24) is 5.32 Å². The Bertz CT molecular complexity index is 427. The van der Waals surface area contributed by atoms with Gasteiger partial charge in [-0.3, -0.25) is 4.79 Å². The van der Waals surface area contributed by atoms with Crippen LogP contribution < -0.4 is 16.4 Å². The molecule has 0 saturated heterocycles. The Balaban J connectivity index is 2.07. The molecular weight excluding hydrogens is 206 g/mol. The molecule has 1 aromatic carbocycles. The van der Waals surface area contributed by atoms with Gasteiger partial charge in [0, 0.05) is 6.04 Å². The van der Waals surface area contributed by atoms with Gasteiger partial charge in [0.25, 0.3) is 5.91 Å². The second-order valence-electron chi connectivity index (χ2n) is 3.78. The van der Waals surface area contributed by atoms with E-state index in [-0.39, 0.29) is 12.1 Å². The number of carbonyl (C=O) groups excluding carboxylic acids is 2. The van der Waals surface area contributed by atoms with Crippen molar-refractivity contribution in [2.45, 2.75) is 18.9 Å². The molecule has 0 radical (unpaired) electrons. The molecule has 0 aliphatic heterocycles. The van der Waals surface area contributed by atoms with E-state index < -0.39 is 5.91 Å². The molecule has 0 unspecified atom stereocenters. The van der Waals surface area contributed by atoms with Gasteiger partial charge in [-0.2, -0.15) is 0 Å². The summed E-state index contributed by atoms with van der Waals surface area (Å²) in [4.78, 5) is 22.6. The number of primary amides is 1. The van der Waals surface area contributed by atoms with E-state index in [1.165, 1.54) is 0 Å². The zero-order chi connectivity index (χ0) is 11.5. The first-order valence-electron chi connectivity index (χ1n) is 5.13. The Hall–Kier alpha value is -2.04. The van der Waals surface area contributed by atoms with E-state index in [0.29, 0.717) is 11.3 Å². The number of benzene rings is 1. The molecule has 1 aliphatic carbocycles. The quantitative estimate of drug-likeness (QED) is 0.710. The van der Waals surface area contributed by atoms with Gasteiger partial charge in [0.2, 0.25) is 0 Å². The average molecular weight is 219 g/mol. The lowest BCUT2D eigenvalue weighted by Gasteiger charge is -2.09. The Morgan fingerprint density at radius 2 is 1.94 bits per heavy atom. The van der Waals surface area contributed by atoms with E-state index in [1.54, 1.807) is 24.3 Å². The lowest BCUT2D eigenvalue weighted by atomic mass is 10.1. The molecule has 2 rings (SSSR count). The summed E-state index contributed by atoms with van der Waals surface area (Å²) in [6, 6.07) is 6.64. The predicted octanol–water partition coefficient (Wildman–Crippen LogP) is 1.07. The summed E-state index contributed by atoms with van der Waals surface area (Å²) in [5.41, 5.74) is 5.94. The van der Waals surface area contributed by atoms with Crippen LogP contribution in [0.2, 0.25) is 0 Å². The van der Waals surface area contributed by atoms with Crippen molar-refractivity contribution in [2.75, 3.05) is 5.32 Å². The predicted molar refractivity (Wildman–Crippen MR) is 60.1 cm³/mol. The molecule has 4 N–H and O–H groups in total. The van der Waals surface area contributed by atoms with Gasteiger partial charge in [-0.1, -0.05) is 12.1 Å². The molecule has 0 spiro atoms. The first-order valence-corrected chi connectivity index (χ1v) is 5.13. The second kappa shape index (κ2) is 4.22. The van der Waals surface area contributed by atoms with Crippen molar-refractivity contribution < 1.29 is 9.59 Å². The Kier molecular flexibility index (Phi) is 2.76. The van der Waals surface area contributed by atoms with Crippen molar-refractivity contribution in [3.8, 4) is 0 Å². The number of carbonyl (C=O) groups is 2. The fourth-order valence-corrected chi connectivity index (χ4v) is 1.38. The summed E-state index contributed by atoms with van der Waals surface area (Å²) in [5.74, 6) is -0.553. The highest BCUT2D eigenvalue weighted by Gasteiger charge is 2.23. The number of nitrogens with one attached hydrogen (secondary N) is 2. The first-order chi connectivity index (χ1) is 7.66. The van der Waals surface area contributed by atoms with Crippen LogP contribution in [0.25, 0.3) is 0 Å². The van der Waals surface area contributed by atoms with Crippen LogP contribution in [0, 0.1) is 0 Å². The highest BCUT2D eigenvalue weighted by Crippen LogP contribution is 2.19. The van der Waals surface area contributed by atoms with Gasteiger partial charge >= 0.3 is 6.03 Å². The molecule has 0 aromatic heterocycles. The van der Waals surface area contributed by atoms with Gasteiger partial charge in [0.1, 0.15) is 0 Å². The average Bonchev–Trinajstić information content (AvgIpc) is 3.02. The van der Waals surface area contributed by atoms with Gasteiger partial charge in [-0.15, -0.1) is 0 Å². The van der Waals surface area contributed by atoms with Crippen molar-refractivity contribution >= 4 is 17.6 Å². The van der Waals surface area contributed by atoms with Crippen molar-refractivity contribution in [2.24, 2.45) is 5.73 Å². The Morgan fingerprint density at radius 3 is 2.56 bits per heavy atom. The summed E-state index contributed by atoms with van der Waals surface area (Å²) < 4.78 is 0. The molecule has 5 nitrogen and oxygen atoms in total. The third-order valence-corrected chi connectivity index (χ3v) is 2.35. The summed E-state index contributed by atoms with van der Waals surface area (Å²) >= 11 is 0. The molecule has 1 fully saturated rings. The van der Waals surface area contributed by atoms with E-state index in [4.69, 9.17) is 5.73 Å². The maximum Gasteiger partial charge on any atom is 0.319 e. The summed E-state index contributed by atoms with van der Waals surface area (Å²) in [7, 11) is 0. The molecule has 0 heterocycles. The van der Waals surface area contributed by atoms with Crippen LogP contribution in [0.3, 0.4) is 0 Å². The maximum atomic E-state index is 11.5. The third kappa shape index (κ3) is 2.50. The van der Waals surface area contributed by atoms with E-state index in [9.17, 15) is 9.59 Å². The van der Waals surface area contributed by atoms with Crippen LogP contribution in [0.15, 0.2) is 24.3 Å². The largest absolute Gasteiger partial charge is 0.366 e. The number of urea groups is 1.